The zero-order valence-corrected chi connectivity index (χ0v) is 12.9. The molecule has 0 saturated carbocycles. The third-order valence-corrected chi connectivity index (χ3v) is 5.50. The number of hydrogen-bond acceptors (Lipinski definition) is 2. The maximum atomic E-state index is 12.0. The molecule has 1 aromatic heterocycles. The smallest absolute Gasteiger partial charge is 0.387 e. The summed E-state index contributed by atoms with van der Waals surface area (Å²) < 4.78 is 29.4. The summed E-state index contributed by atoms with van der Waals surface area (Å²) in [5.74, 6) is 0.165. The summed E-state index contributed by atoms with van der Waals surface area (Å²) in [4.78, 5) is 1.17. The van der Waals surface area contributed by atoms with Crippen molar-refractivity contribution in [3.63, 3.8) is 0 Å². The van der Waals surface area contributed by atoms with E-state index in [1.54, 1.807) is 23.5 Å². The molecule has 0 aliphatic carbocycles. The van der Waals surface area contributed by atoms with Crippen molar-refractivity contribution < 1.29 is 13.5 Å². The van der Waals surface area contributed by atoms with Gasteiger partial charge in [-0.3, -0.25) is 0 Å². The highest BCUT2D eigenvalue weighted by Gasteiger charge is 2.15. The number of halogens is 4. The lowest BCUT2D eigenvalue weighted by atomic mass is 10.1. The number of rotatable bonds is 4. The van der Waals surface area contributed by atoms with Crippen LogP contribution in [0, 0.1) is 0 Å². The first kappa shape index (κ1) is 14.0. The standard InChI is InChI=1S/C12H8Br2F2OS/c13-9-5-6-18-11(9)10(14)7-1-3-8(4-2-7)17-12(15)16/h1-6,10,12H. The highest BCUT2D eigenvalue weighted by atomic mass is 79.9. The maximum Gasteiger partial charge on any atom is 0.387 e. The van der Waals surface area contributed by atoms with Gasteiger partial charge in [0.25, 0.3) is 0 Å². The molecule has 2 aromatic rings. The Morgan fingerprint density at radius 1 is 1.11 bits per heavy atom. The number of alkyl halides is 3. The van der Waals surface area contributed by atoms with Crippen LogP contribution < -0.4 is 4.74 Å². The minimum atomic E-state index is -2.79. The molecule has 0 spiro atoms. The van der Waals surface area contributed by atoms with Gasteiger partial charge in [-0.25, -0.2) is 0 Å². The summed E-state index contributed by atoms with van der Waals surface area (Å²) in [6.45, 7) is -2.79. The second kappa shape index (κ2) is 6.12. The summed E-state index contributed by atoms with van der Waals surface area (Å²) in [6.07, 6.45) is 0. The lowest BCUT2D eigenvalue weighted by Crippen LogP contribution is -2.01. The fraction of sp³-hybridized carbons (Fsp3) is 0.167. The molecular weight excluding hydrogens is 390 g/mol. The van der Waals surface area contributed by atoms with Crippen molar-refractivity contribution in [2.24, 2.45) is 0 Å². The van der Waals surface area contributed by atoms with E-state index in [1.807, 2.05) is 11.4 Å². The van der Waals surface area contributed by atoms with Crippen LogP contribution in [0.2, 0.25) is 0 Å². The second-order valence-corrected chi connectivity index (χ2v) is 6.16. The Hall–Kier alpha value is -0.460. The lowest BCUT2D eigenvalue weighted by Gasteiger charge is -2.10. The average Bonchev–Trinajstić information content (AvgIpc) is 2.75. The van der Waals surface area contributed by atoms with Crippen molar-refractivity contribution in [1.82, 2.24) is 0 Å². The van der Waals surface area contributed by atoms with Crippen LogP contribution >= 0.6 is 43.2 Å². The van der Waals surface area contributed by atoms with Gasteiger partial charge in [-0.15, -0.1) is 11.3 Å². The fourth-order valence-electron chi connectivity index (χ4n) is 1.46. The molecule has 1 nitrogen and oxygen atoms in total. The first-order chi connectivity index (χ1) is 8.58. The normalized spacial score (nSPS) is 12.7. The van der Waals surface area contributed by atoms with E-state index in [1.165, 1.54) is 12.1 Å². The van der Waals surface area contributed by atoms with Gasteiger partial charge in [0, 0.05) is 9.35 Å². The molecule has 1 unspecified atom stereocenters. The Labute approximate surface area is 124 Å². The van der Waals surface area contributed by atoms with Crippen LogP contribution in [0.15, 0.2) is 40.2 Å². The Balaban J connectivity index is 2.17. The van der Waals surface area contributed by atoms with E-state index >= 15 is 0 Å². The third-order valence-electron chi connectivity index (χ3n) is 2.27. The molecule has 0 aliphatic heterocycles. The van der Waals surface area contributed by atoms with Gasteiger partial charge in [-0.1, -0.05) is 28.1 Å². The van der Waals surface area contributed by atoms with E-state index in [9.17, 15) is 8.78 Å². The van der Waals surface area contributed by atoms with Crippen LogP contribution in [-0.2, 0) is 0 Å². The molecule has 18 heavy (non-hydrogen) atoms. The van der Waals surface area contributed by atoms with Gasteiger partial charge in [0.1, 0.15) is 5.75 Å². The largest absolute Gasteiger partial charge is 0.435 e. The minimum Gasteiger partial charge on any atom is -0.435 e. The molecule has 96 valence electrons. The third kappa shape index (κ3) is 3.30. The van der Waals surface area contributed by atoms with Gasteiger partial charge in [0.2, 0.25) is 0 Å². The number of hydrogen-bond donors (Lipinski definition) is 0. The molecule has 1 aromatic carbocycles. The van der Waals surface area contributed by atoms with Gasteiger partial charge >= 0.3 is 6.61 Å². The van der Waals surface area contributed by atoms with Gasteiger partial charge in [0.05, 0.1) is 4.83 Å². The molecular formula is C12H8Br2F2OS. The Bertz CT molecular complexity index is 513. The first-order valence-corrected chi connectivity index (χ1v) is 7.58. The zero-order valence-electron chi connectivity index (χ0n) is 8.95. The van der Waals surface area contributed by atoms with E-state index in [0.29, 0.717) is 0 Å². The summed E-state index contributed by atoms with van der Waals surface area (Å²) in [6, 6.07) is 8.59. The molecule has 0 radical (unpaired) electrons. The summed E-state index contributed by atoms with van der Waals surface area (Å²) in [7, 11) is 0. The average molecular weight is 398 g/mol. The molecule has 0 saturated heterocycles. The zero-order chi connectivity index (χ0) is 13.1. The minimum absolute atomic E-state index is 0.0347. The van der Waals surface area contributed by atoms with E-state index < -0.39 is 6.61 Å². The van der Waals surface area contributed by atoms with Crippen molar-refractivity contribution in [1.29, 1.82) is 0 Å². The van der Waals surface area contributed by atoms with Crippen LogP contribution in [0.3, 0.4) is 0 Å². The molecule has 0 N–H and O–H groups in total. The molecule has 0 fully saturated rings. The SMILES string of the molecule is FC(F)Oc1ccc(C(Br)c2sccc2Br)cc1. The molecule has 1 atom stereocenters. The van der Waals surface area contributed by atoms with Crippen LogP contribution in [0.4, 0.5) is 8.78 Å². The van der Waals surface area contributed by atoms with Crippen LogP contribution in [-0.4, -0.2) is 6.61 Å². The van der Waals surface area contributed by atoms with Crippen molar-refractivity contribution >= 4 is 43.2 Å². The van der Waals surface area contributed by atoms with Crippen molar-refractivity contribution in [2.45, 2.75) is 11.4 Å². The van der Waals surface area contributed by atoms with Gasteiger partial charge < -0.3 is 4.74 Å². The predicted octanol–water partition coefficient (Wildman–Crippen LogP) is 5.60. The quantitative estimate of drug-likeness (QED) is 0.610. The molecule has 0 bridgehead atoms. The Morgan fingerprint density at radius 2 is 1.78 bits per heavy atom. The van der Waals surface area contributed by atoms with Gasteiger partial charge in [-0.2, -0.15) is 8.78 Å². The highest BCUT2D eigenvalue weighted by Crippen LogP contribution is 2.39. The molecule has 1 heterocycles. The number of benzene rings is 1. The van der Waals surface area contributed by atoms with Gasteiger partial charge in [-0.05, 0) is 45.1 Å². The van der Waals surface area contributed by atoms with Gasteiger partial charge in [0.15, 0.2) is 0 Å². The molecule has 2 rings (SSSR count). The molecule has 6 heteroatoms. The van der Waals surface area contributed by atoms with E-state index in [0.717, 1.165) is 14.9 Å². The Kier molecular flexibility index (Phi) is 4.75. The monoisotopic (exact) mass is 396 g/mol. The van der Waals surface area contributed by atoms with Crippen LogP contribution in [0.5, 0.6) is 5.75 Å². The van der Waals surface area contributed by atoms with E-state index in [-0.39, 0.29) is 10.6 Å². The predicted molar refractivity (Wildman–Crippen MR) is 75.9 cm³/mol. The maximum absolute atomic E-state index is 12.0. The van der Waals surface area contributed by atoms with Crippen molar-refractivity contribution in [3.8, 4) is 5.75 Å². The van der Waals surface area contributed by atoms with Crippen LogP contribution in [0.1, 0.15) is 15.3 Å². The van der Waals surface area contributed by atoms with E-state index in [4.69, 9.17) is 0 Å². The topological polar surface area (TPSA) is 9.23 Å². The Morgan fingerprint density at radius 3 is 2.28 bits per heavy atom. The van der Waals surface area contributed by atoms with Crippen LogP contribution in [0.25, 0.3) is 0 Å². The first-order valence-electron chi connectivity index (χ1n) is 4.99. The summed E-state index contributed by atoms with van der Waals surface area (Å²) >= 11 is 8.68. The summed E-state index contributed by atoms with van der Waals surface area (Å²) in [5.41, 5.74) is 0.986. The van der Waals surface area contributed by atoms with Crippen molar-refractivity contribution in [3.05, 3.63) is 50.6 Å². The van der Waals surface area contributed by atoms with Crippen molar-refractivity contribution in [2.75, 3.05) is 0 Å². The fourth-order valence-corrected chi connectivity index (χ4v) is 4.24. The highest BCUT2D eigenvalue weighted by molar-refractivity contribution is 9.11. The number of thiophene rings is 1. The molecule has 0 amide bonds. The van der Waals surface area contributed by atoms with E-state index in [2.05, 4.69) is 36.6 Å². The lowest BCUT2D eigenvalue weighted by molar-refractivity contribution is -0.0498. The number of ether oxygens (including phenoxy) is 1. The molecule has 0 aliphatic rings. The second-order valence-electron chi connectivity index (χ2n) is 3.44. The summed E-state index contributed by atoms with van der Waals surface area (Å²) in [5, 5.41) is 1.99.